The molecule has 35 heavy (non-hydrogen) atoms. The van der Waals surface area contributed by atoms with Crippen LogP contribution >= 0.6 is 50.5 Å². The summed E-state index contributed by atoms with van der Waals surface area (Å²) in [6.07, 6.45) is 0.962. The predicted molar refractivity (Wildman–Crippen MR) is 132 cm³/mol. The second-order valence-electron chi connectivity index (χ2n) is 7.09. The minimum atomic E-state index is -3.22. The number of carbonyl (C=O) groups excluding carboxylic acids is 3. The summed E-state index contributed by atoms with van der Waals surface area (Å²) in [5.41, 5.74) is 0.579. The van der Waals surface area contributed by atoms with E-state index >= 15 is 0 Å². The molecule has 7 nitrogen and oxygen atoms in total. The van der Waals surface area contributed by atoms with Gasteiger partial charge in [-0.25, -0.2) is 13.8 Å². The minimum Gasteiger partial charge on any atom is -0.331 e. The molecule has 4 rings (SSSR count). The first-order valence-electron chi connectivity index (χ1n) is 9.89. The van der Waals surface area contributed by atoms with E-state index in [0.29, 0.717) is 36.7 Å². The van der Waals surface area contributed by atoms with Crippen LogP contribution in [0.25, 0.3) is 0 Å². The summed E-state index contributed by atoms with van der Waals surface area (Å²) in [5.74, 6) is -1.42. The molecule has 0 spiro atoms. The van der Waals surface area contributed by atoms with Gasteiger partial charge in [0.25, 0.3) is 11.8 Å². The zero-order valence-corrected chi connectivity index (χ0v) is 21.8. The molecule has 0 bridgehead atoms. The Morgan fingerprint density at radius 1 is 0.886 bits per heavy atom. The van der Waals surface area contributed by atoms with Gasteiger partial charge in [-0.15, -0.1) is 0 Å². The molecule has 0 N–H and O–H groups in total. The first-order chi connectivity index (χ1) is 16.3. The van der Waals surface area contributed by atoms with Crippen molar-refractivity contribution in [3.63, 3.8) is 0 Å². The molecule has 14 heteroatoms. The SMILES string of the molecule is O=C(c1cccc(F)c1)N1CCC(Cl)=N1.O=C1CCN(C(=O)c2cccc(F)c2)C1.O=P(Cl)(Cl)Cl. The molecule has 2 amide bonds. The van der Waals surface area contributed by atoms with Gasteiger partial charge < -0.3 is 4.90 Å². The number of rotatable bonds is 2. The van der Waals surface area contributed by atoms with Crippen molar-refractivity contribution >= 4 is 73.3 Å². The molecule has 2 aromatic carbocycles. The monoisotopic (exact) mass is 585 g/mol. The number of halogens is 6. The normalized spacial score (nSPS) is 15.0. The highest BCUT2D eigenvalue weighted by atomic mass is 36.0. The van der Waals surface area contributed by atoms with Gasteiger partial charge in [-0.2, -0.15) is 5.10 Å². The predicted octanol–water partition coefficient (Wildman–Crippen LogP) is 6.28. The molecule has 1 saturated heterocycles. The van der Waals surface area contributed by atoms with E-state index in [1.807, 2.05) is 0 Å². The molecule has 0 saturated carbocycles. The Balaban J connectivity index is 0.000000208. The molecule has 2 aliphatic rings. The van der Waals surface area contributed by atoms with Crippen LogP contribution in [-0.4, -0.2) is 52.3 Å². The van der Waals surface area contributed by atoms with Crippen molar-refractivity contribution < 1.29 is 27.7 Å². The Morgan fingerprint density at radius 2 is 1.40 bits per heavy atom. The summed E-state index contributed by atoms with van der Waals surface area (Å²) >= 11 is 19.5. The quantitative estimate of drug-likeness (QED) is 0.388. The number of ketones is 1. The molecule has 1 fully saturated rings. The number of Topliss-reactive ketones (excluding diaryl/α,β-unsaturated/α-hetero) is 1. The second kappa shape index (κ2) is 13.3. The van der Waals surface area contributed by atoms with Gasteiger partial charge in [-0.1, -0.05) is 23.7 Å². The molecule has 0 aromatic heterocycles. The van der Waals surface area contributed by atoms with Crippen LogP contribution in [0.1, 0.15) is 33.6 Å². The first-order valence-corrected chi connectivity index (χ1v) is 14.7. The average Bonchev–Trinajstić information content (AvgIpc) is 3.40. The Morgan fingerprint density at radius 3 is 1.80 bits per heavy atom. The van der Waals surface area contributed by atoms with Crippen molar-refractivity contribution in [2.45, 2.75) is 12.8 Å². The van der Waals surface area contributed by atoms with Crippen molar-refractivity contribution in [3.8, 4) is 0 Å². The van der Waals surface area contributed by atoms with Gasteiger partial charge in [0.05, 0.1) is 13.1 Å². The van der Waals surface area contributed by atoms with E-state index in [1.54, 1.807) is 12.1 Å². The zero-order valence-electron chi connectivity index (χ0n) is 17.8. The average molecular weight is 587 g/mol. The van der Waals surface area contributed by atoms with E-state index in [1.165, 1.54) is 46.3 Å². The maximum atomic E-state index is 12.9. The Labute approximate surface area is 219 Å². The van der Waals surface area contributed by atoms with Gasteiger partial charge in [0.15, 0.2) is 5.78 Å². The van der Waals surface area contributed by atoms with Crippen molar-refractivity contribution in [1.29, 1.82) is 0 Å². The van der Waals surface area contributed by atoms with Gasteiger partial charge in [-0.05, 0) is 70.1 Å². The molecule has 2 aliphatic heterocycles. The lowest BCUT2D eigenvalue weighted by atomic mass is 10.2. The van der Waals surface area contributed by atoms with E-state index in [9.17, 15) is 27.7 Å². The van der Waals surface area contributed by atoms with Gasteiger partial charge in [0, 0.05) is 30.5 Å². The van der Waals surface area contributed by atoms with E-state index in [0.717, 1.165) is 0 Å². The molecule has 0 unspecified atom stereocenters. The van der Waals surface area contributed by atoms with Crippen molar-refractivity contribution in [2.24, 2.45) is 5.10 Å². The van der Waals surface area contributed by atoms with Crippen LogP contribution in [0, 0.1) is 11.6 Å². The van der Waals surface area contributed by atoms with Crippen LogP contribution in [0.4, 0.5) is 8.78 Å². The Hall–Kier alpha value is -2.03. The van der Waals surface area contributed by atoms with Crippen LogP contribution in [0.15, 0.2) is 53.6 Å². The fourth-order valence-corrected chi connectivity index (χ4v) is 3.13. The molecular weight excluding hydrogens is 569 g/mol. The number of amides is 2. The summed E-state index contributed by atoms with van der Waals surface area (Å²) in [7, 11) is 0. The zero-order chi connectivity index (χ0) is 26.2. The van der Waals surface area contributed by atoms with Crippen LogP contribution < -0.4 is 0 Å². The summed E-state index contributed by atoms with van der Waals surface area (Å²) in [6, 6.07) is 11.0. The van der Waals surface area contributed by atoms with E-state index in [2.05, 4.69) is 38.8 Å². The molecular formula is C21H18Cl4F2N3O4P. The molecule has 2 aromatic rings. The Bertz CT molecular complexity index is 1170. The van der Waals surface area contributed by atoms with E-state index in [4.69, 9.17) is 11.6 Å². The fourth-order valence-electron chi connectivity index (χ4n) is 2.95. The highest BCUT2D eigenvalue weighted by molar-refractivity contribution is 8.24. The van der Waals surface area contributed by atoms with Gasteiger partial charge in [-0.3, -0.25) is 18.9 Å². The molecule has 0 aliphatic carbocycles. The summed E-state index contributed by atoms with van der Waals surface area (Å²) in [5, 5.41) is 2.27. The van der Waals surface area contributed by atoms with Gasteiger partial charge in [0.2, 0.25) is 0 Å². The largest absolute Gasteiger partial charge is 0.339 e. The molecule has 0 radical (unpaired) electrons. The third kappa shape index (κ3) is 10.6. The lowest BCUT2D eigenvalue weighted by Crippen LogP contribution is -2.28. The van der Waals surface area contributed by atoms with Crippen molar-refractivity contribution in [2.75, 3.05) is 19.6 Å². The van der Waals surface area contributed by atoms with Crippen LogP contribution in [0.2, 0.25) is 0 Å². The molecule has 2 heterocycles. The third-order valence-electron chi connectivity index (χ3n) is 4.45. The topological polar surface area (TPSA) is 87.1 Å². The standard InChI is InChI=1S/C11H10FNO2.C10H8ClFN2O.Cl3OP/c12-9-3-1-2-8(6-9)11(15)13-5-4-10(14)7-13;11-9-4-5-14(13-9)10(15)7-2-1-3-8(12)6-7;1-5(2,3)4/h1-3,6H,4-5,7H2;1-3,6H,4-5H2;. The Kier molecular flexibility index (Phi) is 11.1. The number of nitrogens with zero attached hydrogens (tertiary/aromatic N) is 3. The van der Waals surface area contributed by atoms with Crippen molar-refractivity contribution in [3.05, 3.63) is 71.3 Å². The first kappa shape index (κ1) is 29.2. The highest BCUT2D eigenvalue weighted by Gasteiger charge is 2.25. The number of benzene rings is 2. The molecule has 0 atom stereocenters. The van der Waals surface area contributed by atoms with E-state index < -0.39 is 16.8 Å². The third-order valence-corrected chi connectivity index (χ3v) is 4.72. The van der Waals surface area contributed by atoms with Crippen LogP contribution in [-0.2, 0) is 9.36 Å². The summed E-state index contributed by atoms with van der Waals surface area (Å²) < 4.78 is 35.2. The number of carbonyl (C=O) groups is 3. The van der Waals surface area contributed by atoms with Crippen LogP contribution in [0.5, 0.6) is 0 Å². The number of likely N-dealkylation sites (tertiary alicyclic amines) is 1. The number of hydrogen-bond donors (Lipinski definition) is 0. The van der Waals surface area contributed by atoms with Crippen LogP contribution in [0.3, 0.4) is 0 Å². The summed E-state index contributed by atoms with van der Waals surface area (Å²) in [6.45, 7) is 1.04. The highest BCUT2D eigenvalue weighted by Crippen LogP contribution is 2.61. The number of hydrogen-bond acceptors (Lipinski definition) is 5. The van der Waals surface area contributed by atoms with Gasteiger partial charge >= 0.3 is 5.20 Å². The van der Waals surface area contributed by atoms with E-state index in [-0.39, 0.29) is 29.7 Å². The lowest BCUT2D eigenvalue weighted by Gasteiger charge is -2.13. The minimum absolute atomic E-state index is 0.0553. The van der Waals surface area contributed by atoms with Crippen molar-refractivity contribution in [1.82, 2.24) is 9.91 Å². The smallest absolute Gasteiger partial charge is 0.331 e. The lowest BCUT2D eigenvalue weighted by molar-refractivity contribution is -0.116. The maximum Gasteiger partial charge on any atom is 0.339 e. The summed E-state index contributed by atoms with van der Waals surface area (Å²) in [4.78, 5) is 35.9. The maximum absolute atomic E-state index is 12.9. The fraction of sp³-hybridized carbons (Fsp3) is 0.238. The second-order valence-corrected chi connectivity index (χ2v) is 14.2. The number of hydrazone groups is 1. The molecule has 188 valence electrons. The van der Waals surface area contributed by atoms with Gasteiger partial charge in [0.1, 0.15) is 16.8 Å².